The van der Waals surface area contributed by atoms with E-state index in [0.717, 1.165) is 22.2 Å². The van der Waals surface area contributed by atoms with Crippen LogP contribution in [0.25, 0.3) is 21.5 Å². The van der Waals surface area contributed by atoms with E-state index in [-0.39, 0.29) is 21.9 Å². The summed E-state index contributed by atoms with van der Waals surface area (Å²) in [5.74, 6) is 0. The van der Waals surface area contributed by atoms with Crippen molar-refractivity contribution in [1.29, 1.82) is 0 Å². The molecule has 3 rings (SSSR count). The van der Waals surface area contributed by atoms with Gasteiger partial charge in [-0.15, -0.1) is 0 Å². The molecule has 0 amide bonds. The van der Waals surface area contributed by atoms with Crippen LogP contribution in [0.1, 0.15) is 52.9 Å². The average Bonchev–Trinajstić information content (AvgIpc) is 2.50. The Bertz CT molecular complexity index is 1010. The van der Waals surface area contributed by atoms with Crippen LogP contribution in [0, 0.1) is 10.8 Å². The van der Waals surface area contributed by atoms with Gasteiger partial charge in [0, 0.05) is 10.8 Å². The first-order chi connectivity index (χ1) is 11.9. The second-order valence-corrected chi connectivity index (χ2v) is 9.42. The first-order valence-electron chi connectivity index (χ1n) is 8.87. The van der Waals surface area contributed by atoms with E-state index in [4.69, 9.17) is 0 Å². The second-order valence-electron chi connectivity index (χ2n) is 9.42. The van der Waals surface area contributed by atoms with Crippen molar-refractivity contribution in [3.05, 3.63) is 44.2 Å². The third kappa shape index (κ3) is 3.69. The number of hydrogen-bond donors (Lipinski definition) is 2. The third-order valence-corrected chi connectivity index (χ3v) is 4.25. The van der Waals surface area contributed by atoms with Crippen LogP contribution >= 0.6 is 0 Å². The molecule has 0 aliphatic rings. The zero-order valence-corrected chi connectivity index (χ0v) is 16.3. The zero-order valence-electron chi connectivity index (χ0n) is 16.3. The molecule has 0 bridgehead atoms. The maximum absolute atomic E-state index is 12.4. The van der Waals surface area contributed by atoms with E-state index in [0.29, 0.717) is 23.6 Å². The Morgan fingerprint density at radius 2 is 1.04 bits per heavy atom. The molecule has 2 N–H and O–H groups in total. The van der Waals surface area contributed by atoms with Crippen molar-refractivity contribution in [3.63, 3.8) is 0 Å². The first-order valence-corrected chi connectivity index (χ1v) is 8.87. The van der Waals surface area contributed by atoms with Crippen LogP contribution in [-0.4, -0.2) is 20.4 Å². The predicted molar refractivity (Wildman–Crippen MR) is 105 cm³/mol. The number of aromatic nitrogens is 4. The summed E-state index contributed by atoms with van der Waals surface area (Å²) in [5.41, 5.74) is 1.11. The van der Waals surface area contributed by atoms with Gasteiger partial charge < -0.3 is 0 Å². The van der Waals surface area contributed by atoms with E-state index in [1.807, 2.05) is 0 Å². The fraction of sp³-hybridized carbons (Fsp3) is 0.500. The Morgan fingerprint density at radius 1 is 0.692 bits per heavy atom. The van der Waals surface area contributed by atoms with E-state index in [2.05, 4.69) is 61.9 Å². The molecule has 0 spiro atoms. The number of benzene rings is 1. The van der Waals surface area contributed by atoms with Crippen LogP contribution in [0.5, 0.6) is 0 Å². The fourth-order valence-corrected chi connectivity index (χ4v) is 3.20. The van der Waals surface area contributed by atoms with Crippen molar-refractivity contribution in [2.45, 2.75) is 54.4 Å². The maximum Gasteiger partial charge on any atom is 0.272 e. The lowest BCUT2D eigenvalue weighted by Crippen LogP contribution is -2.19. The Morgan fingerprint density at radius 3 is 1.35 bits per heavy atom. The van der Waals surface area contributed by atoms with Crippen LogP contribution < -0.4 is 11.1 Å². The summed E-state index contributed by atoms with van der Waals surface area (Å²) in [5, 5.41) is 16.3. The molecule has 138 valence electrons. The van der Waals surface area contributed by atoms with Crippen molar-refractivity contribution in [2.24, 2.45) is 10.8 Å². The van der Waals surface area contributed by atoms with Gasteiger partial charge in [0.1, 0.15) is 0 Å². The lowest BCUT2D eigenvalue weighted by Gasteiger charge is -2.19. The number of rotatable bonds is 2. The molecule has 6 nitrogen and oxygen atoms in total. The highest BCUT2D eigenvalue weighted by atomic mass is 16.1. The maximum atomic E-state index is 12.4. The number of fused-ring (bicyclic) bond motifs is 2. The predicted octanol–water partition coefficient (Wildman–Crippen LogP) is 3.34. The van der Waals surface area contributed by atoms with Crippen LogP contribution in [0.4, 0.5) is 0 Å². The zero-order chi connectivity index (χ0) is 19.3. The van der Waals surface area contributed by atoms with Gasteiger partial charge in [0.2, 0.25) is 0 Å². The van der Waals surface area contributed by atoms with Gasteiger partial charge in [0.25, 0.3) is 11.1 Å². The lowest BCUT2D eigenvalue weighted by atomic mass is 9.87. The summed E-state index contributed by atoms with van der Waals surface area (Å²) in [6.07, 6.45) is 1.40. The van der Waals surface area contributed by atoms with E-state index in [1.54, 1.807) is 12.1 Å². The van der Waals surface area contributed by atoms with Crippen molar-refractivity contribution in [1.82, 2.24) is 20.4 Å². The molecular weight excluding hydrogens is 328 g/mol. The fourth-order valence-electron chi connectivity index (χ4n) is 3.20. The van der Waals surface area contributed by atoms with E-state index >= 15 is 0 Å². The van der Waals surface area contributed by atoms with Crippen LogP contribution in [0.3, 0.4) is 0 Å². The van der Waals surface area contributed by atoms with Gasteiger partial charge in [0.15, 0.2) is 0 Å². The van der Waals surface area contributed by atoms with Gasteiger partial charge >= 0.3 is 0 Å². The molecule has 0 saturated carbocycles. The highest BCUT2D eigenvalue weighted by molar-refractivity contribution is 5.99. The van der Waals surface area contributed by atoms with Gasteiger partial charge in [-0.05, 0) is 35.8 Å². The second kappa shape index (κ2) is 6.04. The molecule has 3 aromatic rings. The molecule has 0 unspecified atom stereocenters. The molecule has 0 aliphatic carbocycles. The van der Waals surface area contributed by atoms with Crippen LogP contribution in [0.2, 0.25) is 0 Å². The van der Waals surface area contributed by atoms with Crippen molar-refractivity contribution in [2.75, 3.05) is 0 Å². The largest absolute Gasteiger partial charge is 0.272 e. The van der Waals surface area contributed by atoms with E-state index in [1.165, 1.54) is 0 Å². The summed E-state index contributed by atoms with van der Waals surface area (Å²) < 4.78 is 0. The van der Waals surface area contributed by atoms with E-state index in [9.17, 15) is 9.59 Å². The normalized spacial score (nSPS) is 12.8. The molecule has 0 fully saturated rings. The minimum atomic E-state index is -0.249. The summed E-state index contributed by atoms with van der Waals surface area (Å²) in [7, 11) is 0. The molecule has 1 aromatic carbocycles. The van der Waals surface area contributed by atoms with Gasteiger partial charge in [-0.3, -0.25) is 9.59 Å². The van der Waals surface area contributed by atoms with Crippen molar-refractivity contribution in [3.8, 4) is 0 Å². The Kier molecular flexibility index (Phi) is 4.25. The number of aromatic amines is 2. The van der Waals surface area contributed by atoms with Crippen LogP contribution in [0.15, 0.2) is 21.7 Å². The van der Waals surface area contributed by atoms with Crippen LogP contribution in [-0.2, 0) is 12.8 Å². The van der Waals surface area contributed by atoms with Gasteiger partial charge in [0.05, 0.1) is 22.2 Å². The molecule has 2 heterocycles. The number of hydrogen-bond acceptors (Lipinski definition) is 4. The van der Waals surface area contributed by atoms with Crippen molar-refractivity contribution >= 4 is 21.5 Å². The molecule has 0 radical (unpaired) electrons. The standard InChI is InChI=1S/C20H26N4O2/c1-19(2,3)9-15-11-7-14-12(8-13(11)17(25)23-21-15)16(10-20(4,5)6)22-24-18(14)26/h7-8H,9-10H2,1-6H3,(H,23,25)(H,24,26). The Labute approximate surface area is 152 Å². The molecule has 0 saturated heterocycles. The summed E-state index contributed by atoms with van der Waals surface area (Å²) >= 11 is 0. The van der Waals surface area contributed by atoms with E-state index < -0.39 is 0 Å². The quantitative estimate of drug-likeness (QED) is 0.691. The molecule has 2 aromatic heterocycles. The topological polar surface area (TPSA) is 91.5 Å². The third-order valence-electron chi connectivity index (χ3n) is 4.25. The Hall–Kier alpha value is -2.50. The average molecular weight is 354 g/mol. The van der Waals surface area contributed by atoms with Gasteiger partial charge in [-0.1, -0.05) is 41.5 Å². The summed E-state index contributed by atoms with van der Waals surface area (Å²) in [4.78, 5) is 24.8. The lowest BCUT2D eigenvalue weighted by molar-refractivity contribution is 0.405. The van der Waals surface area contributed by atoms with Gasteiger partial charge in [-0.2, -0.15) is 10.2 Å². The van der Waals surface area contributed by atoms with Crippen molar-refractivity contribution < 1.29 is 0 Å². The SMILES string of the molecule is CC(C)(C)Cc1n[nH]c(=O)c2cc3c(CC(C)(C)C)n[nH]c(=O)c3cc12. The summed E-state index contributed by atoms with van der Waals surface area (Å²) in [6.45, 7) is 12.7. The first kappa shape index (κ1) is 18.3. The number of H-pyrrole nitrogens is 2. The Balaban J connectivity index is 2.36. The number of nitrogens with zero attached hydrogens (tertiary/aromatic N) is 2. The molecular formula is C20H26N4O2. The highest BCUT2D eigenvalue weighted by Crippen LogP contribution is 2.28. The smallest absolute Gasteiger partial charge is 0.267 e. The minimum Gasteiger partial charge on any atom is -0.267 e. The minimum absolute atomic E-state index is 0.00911. The highest BCUT2D eigenvalue weighted by Gasteiger charge is 2.20. The molecule has 0 atom stereocenters. The molecule has 6 heteroatoms. The number of nitrogens with one attached hydrogen (secondary N) is 2. The molecule has 0 aliphatic heterocycles. The summed E-state index contributed by atoms with van der Waals surface area (Å²) in [6, 6.07) is 3.58. The molecule has 26 heavy (non-hydrogen) atoms. The van der Waals surface area contributed by atoms with Gasteiger partial charge in [-0.25, -0.2) is 10.2 Å². The monoisotopic (exact) mass is 354 g/mol.